The first-order chi connectivity index (χ1) is 6.57. The molecule has 1 amide bonds. The van der Waals surface area contributed by atoms with Crippen LogP contribution in [0.2, 0.25) is 0 Å². The van der Waals surface area contributed by atoms with Crippen LogP contribution < -0.4 is 5.32 Å². The summed E-state index contributed by atoms with van der Waals surface area (Å²) in [6, 6.07) is 0. The van der Waals surface area contributed by atoms with Crippen LogP contribution in [0.4, 0.5) is 0 Å². The number of rotatable bonds is 6. The van der Waals surface area contributed by atoms with Crippen molar-refractivity contribution in [3.05, 3.63) is 11.6 Å². The summed E-state index contributed by atoms with van der Waals surface area (Å²) in [4.78, 5) is 21.2. The fraction of sp³-hybridized carbons (Fsp3) is 0.600. The van der Waals surface area contributed by atoms with Gasteiger partial charge in [0.1, 0.15) is 0 Å². The monoisotopic (exact) mass is 199 g/mol. The summed E-state index contributed by atoms with van der Waals surface area (Å²) in [6.45, 7) is 3.97. The number of carbonyl (C=O) groups excluding carboxylic acids is 1. The van der Waals surface area contributed by atoms with Crippen molar-refractivity contribution in [2.75, 3.05) is 6.54 Å². The number of hydrogen-bond acceptors (Lipinski definition) is 2. The molecule has 0 aliphatic carbocycles. The second kappa shape index (κ2) is 7.12. The minimum atomic E-state index is -0.886. The highest BCUT2D eigenvalue weighted by molar-refractivity contribution is 5.85. The third kappa shape index (κ3) is 6.22. The fourth-order valence-electron chi connectivity index (χ4n) is 0.861. The van der Waals surface area contributed by atoms with Crippen LogP contribution >= 0.6 is 0 Å². The molecule has 0 unspecified atom stereocenters. The van der Waals surface area contributed by atoms with E-state index >= 15 is 0 Å². The Morgan fingerprint density at radius 2 is 2.07 bits per heavy atom. The van der Waals surface area contributed by atoms with E-state index in [0.29, 0.717) is 25.0 Å². The molecule has 0 aromatic heterocycles. The second-order valence-corrected chi connectivity index (χ2v) is 3.04. The first-order valence-corrected chi connectivity index (χ1v) is 4.74. The number of unbranched alkanes of at least 4 members (excludes halogenated alkanes) is 1. The van der Waals surface area contributed by atoms with Crippen LogP contribution in [0.25, 0.3) is 0 Å². The average molecular weight is 199 g/mol. The highest BCUT2D eigenvalue weighted by Crippen LogP contribution is 1.97. The molecule has 0 rings (SSSR count). The number of aliphatic carboxylic acids is 1. The second-order valence-electron chi connectivity index (χ2n) is 3.04. The minimum Gasteiger partial charge on any atom is -0.478 e. The van der Waals surface area contributed by atoms with Gasteiger partial charge in [-0.2, -0.15) is 0 Å². The lowest BCUT2D eigenvalue weighted by Crippen LogP contribution is -2.22. The van der Waals surface area contributed by atoms with Crippen molar-refractivity contribution in [2.45, 2.75) is 33.1 Å². The van der Waals surface area contributed by atoms with Crippen LogP contribution in [0.3, 0.4) is 0 Å². The average Bonchev–Trinajstić information content (AvgIpc) is 2.16. The highest BCUT2D eigenvalue weighted by atomic mass is 16.4. The van der Waals surface area contributed by atoms with Crippen molar-refractivity contribution in [3.8, 4) is 0 Å². The Morgan fingerprint density at radius 3 is 2.57 bits per heavy atom. The summed E-state index contributed by atoms with van der Waals surface area (Å²) < 4.78 is 0. The summed E-state index contributed by atoms with van der Waals surface area (Å²) >= 11 is 0. The number of amides is 1. The van der Waals surface area contributed by atoms with Gasteiger partial charge < -0.3 is 10.4 Å². The standard InChI is InChI=1S/C10H17NO3/c1-3-9(12)11-7-5-4-6-8(2)10(13)14/h6H,3-5,7H2,1-2H3,(H,11,12)(H,13,14). The van der Waals surface area contributed by atoms with Crippen molar-refractivity contribution in [1.82, 2.24) is 5.32 Å². The van der Waals surface area contributed by atoms with Crippen molar-refractivity contribution in [1.29, 1.82) is 0 Å². The normalized spacial score (nSPS) is 11.1. The van der Waals surface area contributed by atoms with Gasteiger partial charge in [0.15, 0.2) is 0 Å². The lowest BCUT2D eigenvalue weighted by molar-refractivity contribution is -0.132. The largest absolute Gasteiger partial charge is 0.478 e. The number of allylic oxidation sites excluding steroid dienone is 1. The molecule has 4 nitrogen and oxygen atoms in total. The number of hydrogen-bond donors (Lipinski definition) is 2. The van der Waals surface area contributed by atoms with Gasteiger partial charge in [-0.1, -0.05) is 13.0 Å². The van der Waals surface area contributed by atoms with Crippen molar-refractivity contribution >= 4 is 11.9 Å². The molecule has 0 heterocycles. The molecule has 0 aliphatic heterocycles. The maximum absolute atomic E-state index is 10.8. The Kier molecular flexibility index (Phi) is 6.45. The van der Waals surface area contributed by atoms with Crippen molar-refractivity contribution in [2.24, 2.45) is 0 Å². The topological polar surface area (TPSA) is 66.4 Å². The van der Waals surface area contributed by atoms with Gasteiger partial charge in [-0.05, 0) is 19.8 Å². The van der Waals surface area contributed by atoms with E-state index in [9.17, 15) is 9.59 Å². The molecule has 14 heavy (non-hydrogen) atoms. The zero-order valence-electron chi connectivity index (χ0n) is 8.67. The van der Waals surface area contributed by atoms with E-state index in [2.05, 4.69) is 5.32 Å². The molecule has 0 atom stereocenters. The summed E-state index contributed by atoms with van der Waals surface area (Å²) in [5, 5.41) is 11.2. The molecule has 0 saturated heterocycles. The van der Waals surface area contributed by atoms with Crippen LogP contribution in [0.5, 0.6) is 0 Å². The predicted octanol–water partition coefficient (Wildman–Crippen LogP) is 1.32. The summed E-state index contributed by atoms with van der Waals surface area (Å²) in [5.41, 5.74) is 0.354. The fourth-order valence-corrected chi connectivity index (χ4v) is 0.861. The van der Waals surface area contributed by atoms with Crippen LogP contribution in [-0.2, 0) is 9.59 Å². The Balaban J connectivity index is 3.51. The molecule has 0 aromatic carbocycles. The number of nitrogens with one attached hydrogen (secondary N) is 1. The zero-order chi connectivity index (χ0) is 11.0. The van der Waals surface area contributed by atoms with Gasteiger partial charge in [0.2, 0.25) is 5.91 Å². The van der Waals surface area contributed by atoms with E-state index in [1.165, 1.54) is 0 Å². The number of carboxylic acids is 1. The molecule has 4 heteroatoms. The summed E-state index contributed by atoms with van der Waals surface area (Å²) in [7, 11) is 0. The van der Waals surface area contributed by atoms with Crippen LogP contribution in [0, 0.1) is 0 Å². The molecular formula is C10H17NO3. The Morgan fingerprint density at radius 1 is 1.43 bits per heavy atom. The molecule has 0 aromatic rings. The van der Waals surface area contributed by atoms with Crippen molar-refractivity contribution in [3.63, 3.8) is 0 Å². The first kappa shape index (κ1) is 12.7. The summed E-state index contributed by atoms with van der Waals surface area (Å²) in [6.07, 6.45) is 3.61. The number of carboxylic acid groups (broad SMARTS) is 1. The van der Waals surface area contributed by atoms with E-state index in [0.717, 1.165) is 6.42 Å². The smallest absolute Gasteiger partial charge is 0.330 e. The molecule has 0 spiro atoms. The van der Waals surface area contributed by atoms with Crippen LogP contribution in [0.1, 0.15) is 33.1 Å². The van der Waals surface area contributed by atoms with Crippen LogP contribution in [0.15, 0.2) is 11.6 Å². The van der Waals surface area contributed by atoms with Gasteiger partial charge in [0.25, 0.3) is 0 Å². The molecule has 0 aliphatic rings. The van der Waals surface area contributed by atoms with Gasteiger partial charge in [-0.15, -0.1) is 0 Å². The first-order valence-electron chi connectivity index (χ1n) is 4.74. The maximum atomic E-state index is 10.8. The summed E-state index contributed by atoms with van der Waals surface area (Å²) in [5.74, 6) is -0.855. The Bertz CT molecular complexity index is 234. The molecule has 0 radical (unpaired) electrons. The van der Waals surface area contributed by atoms with E-state index in [4.69, 9.17) is 5.11 Å². The lowest BCUT2D eigenvalue weighted by Gasteiger charge is -2.00. The molecule has 2 N–H and O–H groups in total. The van der Waals surface area contributed by atoms with Crippen molar-refractivity contribution < 1.29 is 14.7 Å². The van der Waals surface area contributed by atoms with Gasteiger partial charge in [-0.25, -0.2) is 4.79 Å². The molecule has 0 saturated carbocycles. The van der Waals surface area contributed by atoms with Gasteiger partial charge >= 0.3 is 5.97 Å². The predicted molar refractivity (Wildman–Crippen MR) is 53.9 cm³/mol. The Labute approximate surface area is 84.0 Å². The van der Waals surface area contributed by atoms with E-state index in [-0.39, 0.29) is 5.91 Å². The molecule has 0 bridgehead atoms. The lowest BCUT2D eigenvalue weighted by atomic mass is 10.2. The molecular weight excluding hydrogens is 182 g/mol. The minimum absolute atomic E-state index is 0.0314. The molecule has 0 fully saturated rings. The SMILES string of the molecule is CCC(=O)NCCCC=C(C)C(=O)O. The third-order valence-electron chi connectivity index (χ3n) is 1.81. The third-order valence-corrected chi connectivity index (χ3v) is 1.81. The quantitative estimate of drug-likeness (QED) is 0.501. The van der Waals surface area contributed by atoms with E-state index in [1.54, 1.807) is 19.9 Å². The van der Waals surface area contributed by atoms with E-state index in [1.807, 2.05) is 0 Å². The maximum Gasteiger partial charge on any atom is 0.330 e. The molecule has 80 valence electrons. The van der Waals surface area contributed by atoms with Gasteiger partial charge in [0, 0.05) is 18.5 Å². The number of carbonyl (C=O) groups is 2. The zero-order valence-corrected chi connectivity index (χ0v) is 8.67. The Hall–Kier alpha value is -1.32. The van der Waals surface area contributed by atoms with Gasteiger partial charge in [0.05, 0.1) is 0 Å². The van der Waals surface area contributed by atoms with Crippen LogP contribution in [-0.4, -0.2) is 23.5 Å². The van der Waals surface area contributed by atoms with E-state index < -0.39 is 5.97 Å². The van der Waals surface area contributed by atoms with Gasteiger partial charge in [-0.3, -0.25) is 4.79 Å². The highest BCUT2D eigenvalue weighted by Gasteiger charge is 1.98.